The minimum atomic E-state index is 0.120. The first kappa shape index (κ1) is 23.8. The molecule has 0 unspecified atom stereocenters. The van der Waals surface area contributed by atoms with Crippen molar-refractivity contribution in [3.63, 3.8) is 0 Å². The van der Waals surface area contributed by atoms with Gasteiger partial charge >= 0.3 is 0 Å². The lowest BCUT2D eigenvalue weighted by Gasteiger charge is -2.19. The molecule has 1 saturated heterocycles. The topological polar surface area (TPSA) is 81.6 Å². The third-order valence-electron chi connectivity index (χ3n) is 6.94. The molecule has 2 N–H and O–H groups in total. The Morgan fingerprint density at radius 2 is 1.53 bits per heavy atom. The van der Waals surface area contributed by atoms with Crippen LogP contribution in [-0.4, -0.2) is 45.9 Å². The van der Waals surface area contributed by atoms with Crippen LogP contribution in [0.2, 0.25) is 0 Å². The number of aromatic hydroxyl groups is 2. The van der Waals surface area contributed by atoms with E-state index in [2.05, 4.69) is 27.7 Å². The van der Waals surface area contributed by atoms with E-state index in [-0.39, 0.29) is 11.5 Å². The Hall–Kier alpha value is -3.95. The number of likely N-dealkylation sites (tertiary alicyclic amines) is 1. The van der Waals surface area contributed by atoms with Crippen LogP contribution in [0.15, 0.2) is 66.7 Å². The number of rotatable bonds is 7. The van der Waals surface area contributed by atoms with E-state index < -0.39 is 0 Å². The minimum absolute atomic E-state index is 0.120. The Morgan fingerprint density at radius 1 is 0.833 bits per heavy atom. The molecule has 0 aliphatic carbocycles. The number of benzene rings is 3. The van der Waals surface area contributed by atoms with Gasteiger partial charge in [-0.1, -0.05) is 25.0 Å². The molecule has 0 atom stereocenters. The lowest BCUT2D eigenvalue weighted by atomic mass is 10.1. The van der Waals surface area contributed by atoms with E-state index in [0.717, 1.165) is 34.6 Å². The van der Waals surface area contributed by atoms with Gasteiger partial charge in [0.2, 0.25) is 0 Å². The van der Waals surface area contributed by atoms with Crippen LogP contribution in [0, 0.1) is 11.3 Å². The first-order valence-corrected chi connectivity index (χ1v) is 12.6. The van der Waals surface area contributed by atoms with Gasteiger partial charge < -0.3 is 19.5 Å². The Kier molecular flexibility index (Phi) is 7.11. The minimum Gasteiger partial charge on any atom is -0.508 e. The van der Waals surface area contributed by atoms with Crippen LogP contribution in [0.25, 0.3) is 22.2 Å². The highest BCUT2D eigenvalue weighted by Crippen LogP contribution is 2.36. The molecule has 4 aromatic rings. The van der Waals surface area contributed by atoms with Crippen molar-refractivity contribution in [2.45, 2.75) is 32.2 Å². The normalized spacial score (nSPS) is 14.4. The van der Waals surface area contributed by atoms with Crippen molar-refractivity contribution in [2.75, 3.05) is 26.2 Å². The summed E-state index contributed by atoms with van der Waals surface area (Å²) in [6.45, 7) is 4.52. The molecule has 0 saturated carbocycles. The predicted octanol–water partition coefficient (Wildman–Crippen LogP) is 5.89. The van der Waals surface area contributed by atoms with Gasteiger partial charge in [0.15, 0.2) is 0 Å². The number of ether oxygens (including phenoxy) is 1. The quantitative estimate of drug-likeness (QED) is 0.344. The van der Waals surface area contributed by atoms with Crippen LogP contribution in [0.1, 0.15) is 36.8 Å². The number of hydrogen-bond acceptors (Lipinski definition) is 5. The van der Waals surface area contributed by atoms with Gasteiger partial charge in [-0.25, -0.2) is 0 Å². The monoisotopic (exact) mass is 481 g/mol. The molecule has 1 fully saturated rings. The Labute approximate surface area is 211 Å². The van der Waals surface area contributed by atoms with E-state index in [1.165, 1.54) is 38.8 Å². The van der Waals surface area contributed by atoms with Crippen molar-refractivity contribution >= 4 is 10.9 Å². The van der Waals surface area contributed by atoms with Gasteiger partial charge in [-0.15, -0.1) is 0 Å². The molecule has 1 aromatic heterocycles. The summed E-state index contributed by atoms with van der Waals surface area (Å²) >= 11 is 0. The highest BCUT2D eigenvalue weighted by molar-refractivity contribution is 5.95. The highest BCUT2D eigenvalue weighted by atomic mass is 16.5. The van der Waals surface area contributed by atoms with Crippen LogP contribution in [0.5, 0.6) is 17.2 Å². The third-order valence-corrected chi connectivity index (χ3v) is 6.94. The van der Waals surface area contributed by atoms with E-state index >= 15 is 0 Å². The molecule has 3 aromatic carbocycles. The SMILES string of the molecule is N#Cc1c(-c2ccc(O)cc2)n(Cc2ccc(OCCN3CCCCCC3)cc2)c2ccc(O)cc12. The van der Waals surface area contributed by atoms with Crippen LogP contribution < -0.4 is 4.74 Å². The third kappa shape index (κ3) is 5.17. The molecule has 0 spiro atoms. The van der Waals surface area contributed by atoms with E-state index in [1.807, 2.05) is 30.3 Å². The second kappa shape index (κ2) is 10.8. The molecule has 0 bridgehead atoms. The first-order valence-electron chi connectivity index (χ1n) is 12.6. The maximum atomic E-state index is 10.1. The number of phenolic OH excluding ortho intramolecular Hbond substituents is 2. The summed E-state index contributed by atoms with van der Waals surface area (Å²) in [6.07, 6.45) is 5.23. The zero-order valence-electron chi connectivity index (χ0n) is 20.4. The molecule has 6 heteroatoms. The smallest absolute Gasteiger partial charge is 0.119 e. The zero-order valence-corrected chi connectivity index (χ0v) is 20.4. The Balaban J connectivity index is 1.38. The number of aromatic nitrogens is 1. The van der Waals surface area contributed by atoms with Crippen molar-refractivity contribution < 1.29 is 14.9 Å². The highest BCUT2D eigenvalue weighted by Gasteiger charge is 2.19. The summed E-state index contributed by atoms with van der Waals surface area (Å²) in [5, 5.41) is 30.6. The van der Waals surface area contributed by atoms with E-state index in [0.29, 0.717) is 24.1 Å². The molecule has 2 heterocycles. The number of fused-ring (bicyclic) bond motifs is 1. The average Bonchev–Trinajstić information content (AvgIpc) is 3.01. The fraction of sp³-hybridized carbons (Fsp3) is 0.300. The average molecular weight is 482 g/mol. The molecule has 1 aliphatic rings. The zero-order chi connectivity index (χ0) is 24.9. The number of nitrogens with zero attached hydrogens (tertiary/aromatic N) is 3. The van der Waals surface area contributed by atoms with Crippen LogP contribution in [0.4, 0.5) is 0 Å². The van der Waals surface area contributed by atoms with Gasteiger partial charge in [0.05, 0.1) is 16.8 Å². The Bertz CT molecular complexity index is 1360. The molecular weight excluding hydrogens is 450 g/mol. The van der Waals surface area contributed by atoms with Gasteiger partial charge in [0, 0.05) is 18.5 Å². The summed E-state index contributed by atoms with van der Waals surface area (Å²) in [4.78, 5) is 2.49. The lowest BCUT2D eigenvalue weighted by molar-refractivity contribution is 0.214. The van der Waals surface area contributed by atoms with E-state index in [9.17, 15) is 15.5 Å². The molecule has 0 radical (unpaired) electrons. The second-order valence-corrected chi connectivity index (χ2v) is 9.42. The predicted molar refractivity (Wildman–Crippen MR) is 141 cm³/mol. The van der Waals surface area contributed by atoms with Crippen LogP contribution in [0.3, 0.4) is 0 Å². The molecular formula is C30H31N3O3. The van der Waals surface area contributed by atoms with Gasteiger partial charge in [-0.05, 0) is 91.7 Å². The maximum Gasteiger partial charge on any atom is 0.119 e. The van der Waals surface area contributed by atoms with E-state index in [1.54, 1.807) is 24.3 Å². The second-order valence-electron chi connectivity index (χ2n) is 9.42. The molecule has 36 heavy (non-hydrogen) atoms. The summed E-state index contributed by atoms with van der Waals surface area (Å²) in [5.74, 6) is 1.14. The van der Waals surface area contributed by atoms with Crippen LogP contribution in [-0.2, 0) is 6.54 Å². The van der Waals surface area contributed by atoms with Crippen LogP contribution >= 0.6 is 0 Å². The molecule has 6 nitrogen and oxygen atoms in total. The fourth-order valence-electron chi connectivity index (χ4n) is 5.07. The first-order chi connectivity index (χ1) is 17.6. The largest absolute Gasteiger partial charge is 0.508 e. The van der Waals surface area contributed by atoms with Crippen molar-refractivity contribution in [3.05, 3.63) is 77.9 Å². The summed E-state index contributed by atoms with van der Waals surface area (Å²) in [5.41, 5.74) is 4.03. The Morgan fingerprint density at radius 3 is 2.22 bits per heavy atom. The lowest BCUT2D eigenvalue weighted by Crippen LogP contribution is -2.29. The molecule has 1 aliphatic heterocycles. The molecule has 0 amide bonds. The van der Waals surface area contributed by atoms with Gasteiger partial charge in [-0.3, -0.25) is 4.90 Å². The van der Waals surface area contributed by atoms with Crippen molar-refractivity contribution in [1.82, 2.24) is 9.47 Å². The van der Waals surface area contributed by atoms with Crippen molar-refractivity contribution in [2.24, 2.45) is 0 Å². The van der Waals surface area contributed by atoms with Gasteiger partial charge in [0.25, 0.3) is 0 Å². The maximum absolute atomic E-state index is 10.1. The fourth-order valence-corrected chi connectivity index (χ4v) is 5.07. The van der Waals surface area contributed by atoms with Crippen molar-refractivity contribution in [1.29, 1.82) is 5.26 Å². The number of phenols is 2. The summed E-state index contributed by atoms with van der Waals surface area (Å²) < 4.78 is 8.11. The molecule has 5 rings (SSSR count). The molecule has 184 valence electrons. The standard InChI is InChI=1S/C30H31N3O3/c31-20-28-27-19-25(35)11-14-29(27)33(30(28)23-7-9-24(34)10-8-23)21-22-5-12-26(13-6-22)36-18-17-32-15-3-1-2-4-16-32/h5-14,19,34-35H,1-4,15-18,21H2. The van der Waals surface area contributed by atoms with E-state index in [4.69, 9.17) is 4.74 Å². The van der Waals surface area contributed by atoms with Gasteiger partial charge in [0.1, 0.15) is 29.9 Å². The van der Waals surface area contributed by atoms with Gasteiger partial charge in [-0.2, -0.15) is 5.26 Å². The number of hydrogen-bond donors (Lipinski definition) is 2. The van der Waals surface area contributed by atoms with Crippen molar-refractivity contribution in [3.8, 4) is 34.6 Å². The number of nitriles is 1. The summed E-state index contributed by atoms with van der Waals surface area (Å²) in [6, 6.07) is 22.4. The summed E-state index contributed by atoms with van der Waals surface area (Å²) in [7, 11) is 0.